The van der Waals surface area contributed by atoms with E-state index in [2.05, 4.69) is 64.0 Å². The van der Waals surface area contributed by atoms with Crippen LogP contribution in [0, 0.1) is 20.8 Å². The lowest BCUT2D eigenvalue weighted by molar-refractivity contribution is 0.302. The minimum absolute atomic E-state index is 0.436. The Balaban J connectivity index is 3.02. The van der Waals surface area contributed by atoms with Gasteiger partial charge in [0.1, 0.15) is 0 Å². The minimum atomic E-state index is 0.436. The zero-order valence-electron chi connectivity index (χ0n) is 13.5. The lowest BCUT2D eigenvalue weighted by Crippen LogP contribution is -2.34. The van der Waals surface area contributed by atoms with Gasteiger partial charge in [-0.05, 0) is 64.0 Å². The number of rotatable bonds is 7. The third-order valence-electron chi connectivity index (χ3n) is 3.76. The van der Waals surface area contributed by atoms with E-state index in [-0.39, 0.29) is 0 Å². The van der Waals surface area contributed by atoms with E-state index >= 15 is 0 Å². The number of hydrogen-bond donors (Lipinski definition) is 1. The Morgan fingerprint density at radius 1 is 1.11 bits per heavy atom. The molecule has 0 saturated heterocycles. The third-order valence-corrected chi connectivity index (χ3v) is 3.76. The Morgan fingerprint density at radius 3 is 2.16 bits per heavy atom. The number of hydrogen-bond acceptors (Lipinski definition) is 2. The van der Waals surface area contributed by atoms with Crippen molar-refractivity contribution >= 4 is 0 Å². The largest absolute Gasteiger partial charge is 0.309 e. The van der Waals surface area contributed by atoms with Gasteiger partial charge in [-0.25, -0.2) is 0 Å². The first-order chi connectivity index (χ1) is 8.99. The van der Waals surface area contributed by atoms with E-state index in [4.69, 9.17) is 0 Å². The van der Waals surface area contributed by atoms with Crippen LogP contribution < -0.4 is 5.32 Å². The molecule has 0 fully saturated rings. The molecule has 0 aromatic heterocycles. The number of nitrogens with one attached hydrogen (secondary N) is 1. The van der Waals surface area contributed by atoms with Crippen molar-refractivity contribution in [1.82, 2.24) is 10.2 Å². The van der Waals surface area contributed by atoms with Crippen LogP contribution in [0.15, 0.2) is 12.1 Å². The van der Waals surface area contributed by atoms with Crippen molar-refractivity contribution in [2.75, 3.05) is 26.7 Å². The van der Waals surface area contributed by atoms with Crippen LogP contribution >= 0.6 is 0 Å². The van der Waals surface area contributed by atoms with Crippen LogP contribution in [0.2, 0.25) is 0 Å². The maximum atomic E-state index is 3.71. The SMILES string of the molecule is CCCNC(CN(C)CC)c1c(C)cc(C)cc1C. The fraction of sp³-hybridized carbons (Fsp3) is 0.647. The van der Waals surface area contributed by atoms with Crippen LogP contribution in [0.5, 0.6) is 0 Å². The standard InChI is InChI=1S/C17H30N2/c1-7-9-18-16(12-19(6)8-2)17-14(4)10-13(3)11-15(17)5/h10-11,16,18H,7-9,12H2,1-6H3. The van der Waals surface area contributed by atoms with Crippen molar-refractivity contribution in [3.05, 3.63) is 34.4 Å². The molecular formula is C17H30N2. The summed E-state index contributed by atoms with van der Waals surface area (Å²) in [6.45, 7) is 14.3. The number of likely N-dealkylation sites (N-methyl/N-ethyl adjacent to an activating group) is 1. The normalized spacial score (nSPS) is 13.0. The van der Waals surface area contributed by atoms with Gasteiger partial charge in [0.25, 0.3) is 0 Å². The number of nitrogens with zero attached hydrogens (tertiary/aromatic N) is 1. The van der Waals surface area contributed by atoms with Gasteiger partial charge in [-0.15, -0.1) is 0 Å². The molecule has 1 aromatic rings. The van der Waals surface area contributed by atoms with E-state index in [0.29, 0.717) is 6.04 Å². The highest BCUT2D eigenvalue weighted by atomic mass is 15.1. The molecule has 108 valence electrons. The maximum absolute atomic E-state index is 3.71. The van der Waals surface area contributed by atoms with Crippen LogP contribution in [-0.2, 0) is 0 Å². The van der Waals surface area contributed by atoms with Crippen molar-refractivity contribution < 1.29 is 0 Å². The van der Waals surface area contributed by atoms with E-state index in [1.807, 2.05) is 0 Å². The molecule has 0 aliphatic carbocycles. The van der Waals surface area contributed by atoms with Crippen molar-refractivity contribution in [2.45, 2.75) is 47.1 Å². The molecule has 0 aliphatic heterocycles. The van der Waals surface area contributed by atoms with Gasteiger partial charge in [0.05, 0.1) is 0 Å². The van der Waals surface area contributed by atoms with Gasteiger partial charge in [0.2, 0.25) is 0 Å². The molecular weight excluding hydrogens is 232 g/mol. The van der Waals surface area contributed by atoms with Crippen LogP contribution in [0.25, 0.3) is 0 Å². The average Bonchev–Trinajstić information content (AvgIpc) is 2.34. The first kappa shape index (κ1) is 16.2. The highest BCUT2D eigenvalue weighted by Gasteiger charge is 2.17. The van der Waals surface area contributed by atoms with Crippen LogP contribution in [-0.4, -0.2) is 31.6 Å². The second kappa shape index (κ2) is 7.66. The van der Waals surface area contributed by atoms with Crippen LogP contribution in [0.1, 0.15) is 48.6 Å². The molecule has 2 heteroatoms. The molecule has 19 heavy (non-hydrogen) atoms. The molecule has 1 unspecified atom stereocenters. The summed E-state index contributed by atoms with van der Waals surface area (Å²) in [5.41, 5.74) is 5.67. The Morgan fingerprint density at radius 2 is 1.68 bits per heavy atom. The smallest absolute Gasteiger partial charge is 0.0454 e. The molecule has 0 radical (unpaired) electrons. The fourth-order valence-corrected chi connectivity index (χ4v) is 2.76. The third kappa shape index (κ3) is 4.63. The van der Waals surface area contributed by atoms with E-state index in [0.717, 1.165) is 19.6 Å². The van der Waals surface area contributed by atoms with Crippen molar-refractivity contribution in [3.8, 4) is 0 Å². The molecule has 1 aromatic carbocycles. The average molecular weight is 262 g/mol. The van der Waals surface area contributed by atoms with Gasteiger partial charge in [0.15, 0.2) is 0 Å². The van der Waals surface area contributed by atoms with E-state index in [1.54, 1.807) is 0 Å². The lowest BCUT2D eigenvalue weighted by atomic mass is 9.93. The first-order valence-corrected chi connectivity index (χ1v) is 7.49. The summed E-state index contributed by atoms with van der Waals surface area (Å²) in [5, 5.41) is 3.71. The van der Waals surface area contributed by atoms with Crippen LogP contribution in [0.4, 0.5) is 0 Å². The Hall–Kier alpha value is -0.860. The molecule has 0 saturated carbocycles. The van der Waals surface area contributed by atoms with Gasteiger partial charge < -0.3 is 10.2 Å². The number of aryl methyl sites for hydroxylation is 3. The van der Waals surface area contributed by atoms with Crippen molar-refractivity contribution in [3.63, 3.8) is 0 Å². The van der Waals surface area contributed by atoms with E-state index in [9.17, 15) is 0 Å². The van der Waals surface area contributed by atoms with Crippen LogP contribution in [0.3, 0.4) is 0 Å². The van der Waals surface area contributed by atoms with Gasteiger partial charge >= 0.3 is 0 Å². The minimum Gasteiger partial charge on any atom is -0.309 e. The predicted octanol–water partition coefficient (Wildman–Crippen LogP) is 3.60. The summed E-state index contributed by atoms with van der Waals surface area (Å²) in [6.07, 6.45) is 1.18. The van der Waals surface area contributed by atoms with Crippen molar-refractivity contribution in [1.29, 1.82) is 0 Å². The van der Waals surface area contributed by atoms with Crippen molar-refractivity contribution in [2.24, 2.45) is 0 Å². The monoisotopic (exact) mass is 262 g/mol. The molecule has 0 aliphatic rings. The predicted molar refractivity (Wildman–Crippen MR) is 84.9 cm³/mol. The first-order valence-electron chi connectivity index (χ1n) is 7.49. The van der Waals surface area contributed by atoms with Gasteiger partial charge in [-0.3, -0.25) is 0 Å². The Kier molecular flexibility index (Phi) is 6.53. The lowest BCUT2D eigenvalue weighted by Gasteiger charge is -2.27. The summed E-state index contributed by atoms with van der Waals surface area (Å²) < 4.78 is 0. The molecule has 0 amide bonds. The van der Waals surface area contributed by atoms with Gasteiger partial charge in [-0.2, -0.15) is 0 Å². The molecule has 1 N–H and O–H groups in total. The Labute approximate surface area is 119 Å². The Bertz CT molecular complexity index is 375. The highest BCUT2D eigenvalue weighted by Crippen LogP contribution is 2.24. The van der Waals surface area contributed by atoms with Gasteiger partial charge in [0, 0.05) is 12.6 Å². The molecule has 0 bridgehead atoms. The van der Waals surface area contributed by atoms with E-state index in [1.165, 1.54) is 28.7 Å². The molecule has 1 atom stereocenters. The summed E-state index contributed by atoms with van der Waals surface area (Å²) in [4.78, 5) is 2.38. The zero-order valence-corrected chi connectivity index (χ0v) is 13.5. The molecule has 0 spiro atoms. The second-order valence-corrected chi connectivity index (χ2v) is 5.67. The quantitative estimate of drug-likeness (QED) is 0.807. The summed E-state index contributed by atoms with van der Waals surface area (Å²) in [7, 11) is 2.19. The summed E-state index contributed by atoms with van der Waals surface area (Å²) in [6, 6.07) is 5.04. The molecule has 0 heterocycles. The molecule has 2 nitrogen and oxygen atoms in total. The fourth-order valence-electron chi connectivity index (χ4n) is 2.76. The summed E-state index contributed by atoms with van der Waals surface area (Å²) in [5.74, 6) is 0. The zero-order chi connectivity index (χ0) is 14.4. The van der Waals surface area contributed by atoms with E-state index < -0.39 is 0 Å². The van der Waals surface area contributed by atoms with Gasteiger partial charge in [-0.1, -0.05) is 31.5 Å². The maximum Gasteiger partial charge on any atom is 0.0454 e. The second-order valence-electron chi connectivity index (χ2n) is 5.67. The topological polar surface area (TPSA) is 15.3 Å². The number of benzene rings is 1. The molecule has 1 rings (SSSR count). The summed E-state index contributed by atoms with van der Waals surface area (Å²) >= 11 is 0. The highest BCUT2D eigenvalue weighted by molar-refractivity contribution is 5.39.